The van der Waals surface area contributed by atoms with Gasteiger partial charge in [0, 0.05) is 25.3 Å². The van der Waals surface area contributed by atoms with Gasteiger partial charge in [0.15, 0.2) is 5.41 Å². The van der Waals surface area contributed by atoms with Gasteiger partial charge in [-0.15, -0.1) is 0 Å². The molecule has 1 aromatic carbocycles. The van der Waals surface area contributed by atoms with Crippen LogP contribution in [0.5, 0.6) is 0 Å². The largest absolute Gasteiger partial charge is 0.481 e. The summed E-state index contributed by atoms with van der Waals surface area (Å²) in [6.07, 6.45) is -5.66. The summed E-state index contributed by atoms with van der Waals surface area (Å²) in [5.41, 5.74) is -2.63. The van der Waals surface area contributed by atoms with Crippen molar-refractivity contribution in [3.63, 3.8) is 0 Å². The molecule has 2 fully saturated rings. The Kier molecular flexibility index (Phi) is 4.61. The van der Waals surface area contributed by atoms with Crippen LogP contribution in [-0.4, -0.2) is 53.6 Å². The van der Waals surface area contributed by atoms with Crippen LogP contribution in [0.25, 0.3) is 0 Å². The Morgan fingerprint density at radius 1 is 1.15 bits per heavy atom. The molecule has 1 N–H and O–H groups in total. The molecule has 6 nitrogen and oxygen atoms in total. The molecule has 2 unspecified atom stereocenters. The summed E-state index contributed by atoms with van der Waals surface area (Å²) in [4.78, 5) is 38.4. The van der Waals surface area contributed by atoms with E-state index in [9.17, 15) is 31.9 Å². The van der Waals surface area contributed by atoms with E-state index in [4.69, 9.17) is 5.11 Å². The third-order valence-corrected chi connectivity index (χ3v) is 5.17. The van der Waals surface area contributed by atoms with Crippen LogP contribution >= 0.6 is 0 Å². The summed E-state index contributed by atoms with van der Waals surface area (Å²) in [5.74, 6) is -5.10. The van der Waals surface area contributed by atoms with E-state index in [1.807, 2.05) is 0 Å². The SMILES string of the molecule is O=C(C1CCN(c2ccc(F)cc2)C1=O)N1CCC(C(=O)O)(C(F)(F)F)C1. The van der Waals surface area contributed by atoms with Gasteiger partial charge >= 0.3 is 12.1 Å². The Morgan fingerprint density at radius 2 is 1.78 bits per heavy atom. The second kappa shape index (κ2) is 6.50. The maximum atomic E-state index is 13.2. The summed E-state index contributed by atoms with van der Waals surface area (Å²) in [7, 11) is 0. The van der Waals surface area contributed by atoms with Crippen LogP contribution in [0.2, 0.25) is 0 Å². The molecule has 0 bridgehead atoms. The Balaban J connectivity index is 1.75. The first kappa shape index (κ1) is 19.1. The van der Waals surface area contributed by atoms with Crippen molar-refractivity contribution >= 4 is 23.5 Å². The molecule has 0 saturated carbocycles. The number of alkyl halides is 3. The number of nitrogens with zero attached hydrogens (tertiary/aromatic N) is 2. The second-order valence-corrected chi connectivity index (χ2v) is 6.70. The topological polar surface area (TPSA) is 77.9 Å². The van der Waals surface area contributed by atoms with Gasteiger partial charge in [0.1, 0.15) is 11.7 Å². The number of aliphatic carboxylic acids is 1. The predicted octanol–water partition coefficient (Wildman–Crippen LogP) is 2.04. The predicted molar refractivity (Wildman–Crippen MR) is 84.2 cm³/mol. The van der Waals surface area contributed by atoms with Gasteiger partial charge in [-0.2, -0.15) is 13.2 Å². The van der Waals surface area contributed by atoms with Gasteiger partial charge in [-0.05, 0) is 37.1 Å². The second-order valence-electron chi connectivity index (χ2n) is 6.70. The zero-order valence-electron chi connectivity index (χ0n) is 14.0. The Bertz CT molecular complexity index is 780. The number of amides is 2. The number of carbonyl (C=O) groups is 3. The van der Waals surface area contributed by atoms with E-state index < -0.39 is 54.1 Å². The van der Waals surface area contributed by atoms with E-state index >= 15 is 0 Å². The van der Waals surface area contributed by atoms with Crippen LogP contribution in [0.15, 0.2) is 24.3 Å². The highest BCUT2D eigenvalue weighted by molar-refractivity contribution is 6.09. The minimum atomic E-state index is -5.01. The first-order valence-corrected chi connectivity index (χ1v) is 8.23. The molecule has 3 rings (SSSR count). The van der Waals surface area contributed by atoms with Crippen molar-refractivity contribution in [1.29, 1.82) is 0 Å². The van der Waals surface area contributed by atoms with Gasteiger partial charge in [-0.1, -0.05) is 0 Å². The molecule has 2 amide bonds. The van der Waals surface area contributed by atoms with E-state index in [0.717, 1.165) is 17.0 Å². The van der Waals surface area contributed by atoms with E-state index in [0.29, 0.717) is 5.69 Å². The van der Waals surface area contributed by atoms with E-state index in [1.54, 1.807) is 0 Å². The van der Waals surface area contributed by atoms with E-state index in [2.05, 4.69) is 0 Å². The summed E-state index contributed by atoms with van der Waals surface area (Å²) in [5, 5.41) is 9.07. The molecule has 2 atom stereocenters. The van der Waals surface area contributed by atoms with E-state index in [1.165, 1.54) is 17.0 Å². The zero-order valence-corrected chi connectivity index (χ0v) is 14.0. The number of likely N-dealkylation sites (tertiary alicyclic amines) is 1. The van der Waals surface area contributed by atoms with Gasteiger partial charge < -0.3 is 14.9 Å². The van der Waals surface area contributed by atoms with Crippen LogP contribution in [0.4, 0.5) is 23.2 Å². The number of anilines is 1. The summed E-state index contributed by atoms with van der Waals surface area (Å²) in [6, 6.07) is 5.05. The van der Waals surface area contributed by atoms with Crippen molar-refractivity contribution in [1.82, 2.24) is 4.90 Å². The number of hydrogen-bond donors (Lipinski definition) is 1. The molecule has 27 heavy (non-hydrogen) atoms. The highest BCUT2D eigenvalue weighted by Crippen LogP contribution is 2.46. The van der Waals surface area contributed by atoms with Crippen molar-refractivity contribution in [2.24, 2.45) is 11.3 Å². The summed E-state index contributed by atoms with van der Waals surface area (Å²) < 4.78 is 52.8. The zero-order chi connectivity index (χ0) is 20.0. The molecule has 2 aliphatic heterocycles. The quantitative estimate of drug-likeness (QED) is 0.635. The number of carbonyl (C=O) groups excluding carboxylic acids is 2. The maximum Gasteiger partial charge on any atom is 0.406 e. The van der Waals surface area contributed by atoms with Crippen LogP contribution < -0.4 is 4.90 Å². The average Bonchev–Trinajstić information content (AvgIpc) is 3.20. The summed E-state index contributed by atoms with van der Waals surface area (Å²) >= 11 is 0. The lowest BCUT2D eigenvalue weighted by Crippen LogP contribution is -2.48. The third-order valence-electron chi connectivity index (χ3n) is 5.17. The number of carboxylic acids is 1. The van der Waals surface area contributed by atoms with Gasteiger partial charge in [-0.25, -0.2) is 4.39 Å². The fourth-order valence-corrected chi connectivity index (χ4v) is 3.53. The van der Waals surface area contributed by atoms with Gasteiger partial charge in [-0.3, -0.25) is 14.4 Å². The van der Waals surface area contributed by atoms with Crippen LogP contribution in [-0.2, 0) is 14.4 Å². The lowest BCUT2D eigenvalue weighted by Gasteiger charge is -2.27. The average molecular weight is 388 g/mol. The number of rotatable bonds is 3. The number of hydrogen-bond acceptors (Lipinski definition) is 3. The highest BCUT2D eigenvalue weighted by atomic mass is 19.4. The first-order chi connectivity index (χ1) is 12.6. The van der Waals surface area contributed by atoms with Gasteiger partial charge in [0.25, 0.3) is 0 Å². The molecule has 0 radical (unpaired) electrons. The smallest absolute Gasteiger partial charge is 0.406 e. The Morgan fingerprint density at radius 3 is 2.30 bits per heavy atom. The fourth-order valence-electron chi connectivity index (χ4n) is 3.53. The molecule has 146 valence electrons. The number of carboxylic acid groups (broad SMARTS) is 1. The highest BCUT2D eigenvalue weighted by Gasteiger charge is 2.64. The molecule has 0 aliphatic carbocycles. The molecule has 1 aromatic rings. The minimum Gasteiger partial charge on any atom is -0.481 e. The van der Waals surface area contributed by atoms with Gasteiger partial charge in [0.05, 0.1) is 0 Å². The standard InChI is InChI=1S/C17H16F4N2O4/c18-10-1-3-11(4-2-10)23-7-5-12(14(23)25)13(24)22-8-6-16(9-22,15(26)27)17(19,20)21/h1-4,12H,5-9H2,(H,26,27). The van der Waals surface area contributed by atoms with Crippen molar-refractivity contribution in [3.05, 3.63) is 30.1 Å². The minimum absolute atomic E-state index is 0.0949. The Labute approximate surface area is 151 Å². The van der Waals surface area contributed by atoms with Gasteiger partial charge in [0.2, 0.25) is 11.8 Å². The molecule has 0 spiro atoms. The fraction of sp³-hybridized carbons (Fsp3) is 0.471. The molecule has 10 heteroatoms. The van der Waals surface area contributed by atoms with Crippen LogP contribution in [0.3, 0.4) is 0 Å². The van der Waals surface area contributed by atoms with E-state index in [-0.39, 0.29) is 19.5 Å². The van der Waals surface area contributed by atoms with Crippen molar-refractivity contribution in [3.8, 4) is 0 Å². The Hall–Kier alpha value is -2.65. The lowest BCUT2D eigenvalue weighted by atomic mass is 9.86. The monoisotopic (exact) mass is 388 g/mol. The maximum absolute atomic E-state index is 13.2. The lowest BCUT2D eigenvalue weighted by molar-refractivity contribution is -0.227. The molecule has 2 aliphatic rings. The first-order valence-electron chi connectivity index (χ1n) is 8.23. The molecular formula is C17H16F4N2O4. The van der Waals surface area contributed by atoms with Crippen LogP contribution in [0.1, 0.15) is 12.8 Å². The number of benzene rings is 1. The molecule has 2 saturated heterocycles. The molecule has 2 heterocycles. The van der Waals surface area contributed by atoms with Crippen molar-refractivity contribution < 1.29 is 37.1 Å². The van der Waals surface area contributed by atoms with Crippen molar-refractivity contribution in [2.45, 2.75) is 19.0 Å². The van der Waals surface area contributed by atoms with Crippen molar-refractivity contribution in [2.75, 3.05) is 24.5 Å². The normalized spacial score (nSPS) is 25.9. The summed E-state index contributed by atoms with van der Waals surface area (Å²) in [6.45, 7) is -1.23. The molecule has 0 aromatic heterocycles. The third kappa shape index (κ3) is 3.13. The number of halogens is 4. The molecular weight excluding hydrogens is 372 g/mol. The van der Waals surface area contributed by atoms with Crippen LogP contribution in [0, 0.1) is 17.2 Å².